The summed E-state index contributed by atoms with van der Waals surface area (Å²) in [5.74, 6) is 1.62. The summed E-state index contributed by atoms with van der Waals surface area (Å²) >= 11 is 0. The van der Waals surface area contributed by atoms with Crippen molar-refractivity contribution in [1.29, 1.82) is 0 Å². The van der Waals surface area contributed by atoms with Gasteiger partial charge in [-0.1, -0.05) is 6.92 Å². The number of rotatable bonds is 5. The minimum atomic E-state index is 0.749. The highest BCUT2D eigenvalue weighted by atomic mass is 16.5. The Morgan fingerprint density at radius 3 is 2.79 bits per heavy atom. The molecule has 2 heterocycles. The predicted molar refractivity (Wildman–Crippen MR) is 74.4 cm³/mol. The zero-order valence-corrected chi connectivity index (χ0v) is 11.9. The summed E-state index contributed by atoms with van der Waals surface area (Å²) in [4.78, 5) is 4.31. The number of hydrogen-bond acceptors (Lipinski definition) is 4. The molecule has 0 atom stereocenters. The first-order valence-corrected chi connectivity index (χ1v) is 6.45. The van der Waals surface area contributed by atoms with Gasteiger partial charge in [0.2, 0.25) is 0 Å². The highest BCUT2D eigenvalue weighted by molar-refractivity contribution is 5.37. The van der Waals surface area contributed by atoms with Crippen molar-refractivity contribution >= 4 is 0 Å². The molecule has 5 heteroatoms. The molecule has 0 aliphatic rings. The Kier molecular flexibility index (Phi) is 4.16. The van der Waals surface area contributed by atoms with Crippen LogP contribution in [-0.4, -0.2) is 21.3 Å². The summed E-state index contributed by atoms with van der Waals surface area (Å²) in [7, 11) is 1.92. The molecule has 0 fully saturated rings. The molecule has 0 spiro atoms. The Bertz CT molecular complexity index is 563. The monoisotopic (exact) mass is 260 g/mol. The molecule has 0 unspecified atom stereocenters. The summed E-state index contributed by atoms with van der Waals surface area (Å²) in [6.07, 6.45) is 1.77. The smallest absolute Gasteiger partial charge is 0.171 e. The predicted octanol–water partition coefficient (Wildman–Crippen LogP) is 2.33. The molecule has 0 aromatic carbocycles. The maximum atomic E-state index is 5.93. The van der Waals surface area contributed by atoms with Crippen molar-refractivity contribution in [2.75, 3.05) is 6.54 Å². The quantitative estimate of drug-likeness (QED) is 0.896. The van der Waals surface area contributed by atoms with Gasteiger partial charge in [-0.3, -0.25) is 9.67 Å². The summed E-state index contributed by atoms with van der Waals surface area (Å²) in [5, 5.41) is 7.59. The fourth-order valence-electron chi connectivity index (χ4n) is 1.89. The van der Waals surface area contributed by atoms with Gasteiger partial charge in [-0.2, -0.15) is 5.10 Å². The van der Waals surface area contributed by atoms with E-state index in [9.17, 15) is 0 Å². The van der Waals surface area contributed by atoms with E-state index in [0.717, 1.165) is 41.7 Å². The Morgan fingerprint density at radius 2 is 2.16 bits per heavy atom. The maximum Gasteiger partial charge on any atom is 0.171 e. The molecule has 0 aliphatic carbocycles. The molecule has 2 aromatic rings. The first-order valence-electron chi connectivity index (χ1n) is 6.45. The van der Waals surface area contributed by atoms with Crippen LogP contribution in [0.3, 0.4) is 0 Å². The van der Waals surface area contributed by atoms with Gasteiger partial charge in [0, 0.05) is 25.9 Å². The molecule has 0 aliphatic heterocycles. The van der Waals surface area contributed by atoms with Crippen molar-refractivity contribution in [3.05, 3.63) is 35.4 Å². The van der Waals surface area contributed by atoms with Crippen LogP contribution in [0.5, 0.6) is 11.5 Å². The minimum Gasteiger partial charge on any atom is -0.453 e. The number of ether oxygens (including phenoxy) is 1. The van der Waals surface area contributed by atoms with Gasteiger partial charge in [-0.05, 0) is 26.5 Å². The standard InChI is InChI=1S/C14H20N4O/c1-5-15-9-12-8-13(6-7-16-12)19-14-10(2)17-18(4)11(14)3/h6-8,15H,5,9H2,1-4H3. The number of aryl methyl sites for hydroxylation is 2. The van der Waals surface area contributed by atoms with E-state index in [2.05, 4.69) is 22.3 Å². The van der Waals surface area contributed by atoms with Crippen LogP contribution in [0.1, 0.15) is 24.0 Å². The Labute approximate surface area is 113 Å². The van der Waals surface area contributed by atoms with Crippen LogP contribution in [0.2, 0.25) is 0 Å². The van der Waals surface area contributed by atoms with Gasteiger partial charge >= 0.3 is 0 Å². The molecule has 0 bridgehead atoms. The van der Waals surface area contributed by atoms with Crippen LogP contribution in [-0.2, 0) is 13.6 Å². The molecule has 0 saturated carbocycles. The highest BCUT2D eigenvalue weighted by Gasteiger charge is 2.11. The van der Waals surface area contributed by atoms with Crippen LogP contribution in [0.25, 0.3) is 0 Å². The number of pyridine rings is 1. The normalized spacial score (nSPS) is 10.7. The molecule has 0 amide bonds. The van der Waals surface area contributed by atoms with Crippen molar-refractivity contribution in [3.63, 3.8) is 0 Å². The minimum absolute atomic E-state index is 0.749. The van der Waals surface area contributed by atoms with Crippen LogP contribution < -0.4 is 10.1 Å². The molecular formula is C14H20N4O. The van der Waals surface area contributed by atoms with Crippen LogP contribution >= 0.6 is 0 Å². The summed E-state index contributed by atoms with van der Waals surface area (Å²) in [6.45, 7) is 7.69. The SMILES string of the molecule is CCNCc1cc(Oc2c(C)nn(C)c2C)ccn1. The molecule has 1 N–H and O–H groups in total. The van der Waals surface area contributed by atoms with E-state index in [1.807, 2.05) is 37.7 Å². The van der Waals surface area contributed by atoms with E-state index in [1.165, 1.54) is 0 Å². The summed E-state index contributed by atoms with van der Waals surface area (Å²) in [5.41, 5.74) is 2.88. The number of hydrogen-bond donors (Lipinski definition) is 1. The second kappa shape index (κ2) is 5.84. The molecule has 5 nitrogen and oxygen atoms in total. The van der Waals surface area contributed by atoms with E-state index in [0.29, 0.717) is 0 Å². The molecule has 2 aromatic heterocycles. The lowest BCUT2D eigenvalue weighted by Crippen LogP contribution is -2.12. The largest absolute Gasteiger partial charge is 0.453 e. The van der Waals surface area contributed by atoms with Gasteiger partial charge in [-0.15, -0.1) is 0 Å². The molecule has 2 rings (SSSR count). The third-order valence-corrected chi connectivity index (χ3v) is 3.01. The third kappa shape index (κ3) is 3.12. The van der Waals surface area contributed by atoms with Crippen LogP contribution in [0.4, 0.5) is 0 Å². The summed E-state index contributed by atoms with van der Waals surface area (Å²) < 4.78 is 7.76. The highest BCUT2D eigenvalue weighted by Crippen LogP contribution is 2.27. The second-order valence-electron chi connectivity index (χ2n) is 4.49. The molecule has 19 heavy (non-hydrogen) atoms. The van der Waals surface area contributed by atoms with Gasteiger partial charge in [0.05, 0.1) is 11.4 Å². The van der Waals surface area contributed by atoms with Gasteiger partial charge in [0.25, 0.3) is 0 Å². The van der Waals surface area contributed by atoms with Crippen molar-refractivity contribution in [2.45, 2.75) is 27.3 Å². The average Bonchev–Trinajstić information content (AvgIpc) is 2.64. The topological polar surface area (TPSA) is 52.0 Å². The van der Waals surface area contributed by atoms with E-state index >= 15 is 0 Å². The van der Waals surface area contributed by atoms with E-state index in [4.69, 9.17) is 4.74 Å². The Balaban J connectivity index is 2.18. The lowest BCUT2D eigenvalue weighted by Gasteiger charge is -2.07. The zero-order valence-electron chi connectivity index (χ0n) is 11.9. The molecular weight excluding hydrogens is 240 g/mol. The number of nitrogens with zero attached hydrogens (tertiary/aromatic N) is 3. The summed E-state index contributed by atoms with van der Waals surface area (Å²) in [6, 6.07) is 3.82. The number of nitrogens with one attached hydrogen (secondary N) is 1. The molecule has 0 radical (unpaired) electrons. The fraction of sp³-hybridized carbons (Fsp3) is 0.429. The first-order chi connectivity index (χ1) is 9.11. The van der Waals surface area contributed by atoms with Gasteiger partial charge in [0.1, 0.15) is 11.4 Å². The van der Waals surface area contributed by atoms with Crippen molar-refractivity contribution in [2.24, 2.45) is 7.05 Å². The molecule has 102 valence electrons. The van der Waals surface area contributed by atoms with Gasteiger partial charge in [0.15, 0.2) is 5.75 Å². The lowest BCUT2D eigenvalue weighted by molar-refractivity contribution is 0.472. The lowest BCUT2D eigenvalue weighted by atomic mass is 10.3. The third-order valence-electron chi connectivity index (χ3n) is 3.01. The Morgan fingerprint density at radius 1 is 1.37 bits per heavy atom. The van der Waals surface area contributed by atoms with Gasteiger partial charge in [-0.25, -0.2) is 0 Å². The van der Waals surface area contributed by atoms with Crippen LogP contribution in [0.15, 0.2) is 18.3 Å². The maximum absolute atomic E-state index is 5.93. The van der Waals surface area contributed by atoms with Crippen molar-refractivity contribution in [1.82, 2.24) is 20.1 Å². The second-order valence-corrected chi connectivity index (χ2v) is 4.49. The van der Waals surface area contributed by atoms with Crippen molar-refractivity contribution < 1.29 is 4.74 Å². The first kappa shape index (κ1) is 13.5. The van der Waals surface area contributed by atoms with E-state index in [-0.39, 0.29) is 0 Å². The zero-order chi connectivity index (χ0) is 13.8. The van der Waals surface area contributed by atoms with Crippen LogP contribution in [0, 0.1) is 13.8 Å². The van der Waals surface area contributed by atoms with E-state index in [1.54, 1.807) is 6.20 Å². The molecule has 0 saturated heterocycles. The Hall–Kier alpha value is -1.88. The van der Waals surface area contributed by atoms with Gasteiger partial charge < -0.3 is 10.1 Å². The van der Waals surface area contributed by atoms with E-state index < -0.39 is 0 Å². The average molecular weight is 260 g/mol. The van der Waals surface area contributed by atoms with Crippen molar-refractivity contribution in [3.8, 4) is 11.5 Å². The number of aromatic nitrogens is 3. The fourth-order valence-corrected chi connectivity index (χ4v) is 1.89.